The minimum atomic E-state index is -0.0654. The van der Waals surface area contributed by atoms with Gasteiger partial charge in [0.2, 0.25) is 5.91 Å². The molecule has 5 heteroatoms. The first-order valence-corrected chi connectivity index (χ1v) is 9.64. The van der Waals surface area contributed by atoms with Crippen LogP contribution < -0.4 is 10.1 Å². The quantitative estimate of drug-likeness (QED) is 0.498. The highest BCUT2D eigenvalue weighted by Gasteiger charge is 2.09. The van der Waals surface area contributed by atoms with Crippen molar-refractivity contribution in [3.63, 3.8) is 0 Å². The van der Waals surface area contributed by atoms with Gasteiger partial charge in [0.25, 0.3) is 0 Å². The van der Waals surface area contributed by atoms with Gasteiger partial charge in [-0.25, -0.2) is 0 Å². The Labute approximate surface area is 169 Å². The van der Waals surface area contributed by atoms with Crippen LogP contribution in [0.1, 0.15) is 18.2 Å². The highest BCUT2D eigenvalue weighted by Crippen LogP contribution is 2.25. The predicted octanol–water partition coefficient (Wildman–Crippen LogP) is 4.75. The van der Waals surface area contributed by atoms with E-state index in [0.717, 1.165) is 22.3 Å². The van der Waals surface area contributed by atoms with E-state index in [1.165, 1.54) is 5.39 Å². The number of carbonyl (C=O) groups excluding carboxylic acids is 1. The van der Waals surface area contributed by atoms with E-state index in [0.29, 0.717) is 31.0 Å². The molecule has 0 aliphatic rings. The normalized spacial score (nSPS) is 10.8. The van der Waals surface area contributed by atoms with Crippen molar-refractivity contribution >= 4 is 16.7 Å². The van der Waals surface area contributed by atoms with Crippen LogP contribution in [0.5, 0.6) is 5.75 Å². The van der Waals surface area contributed by atoms with Crippen molar-refractivity contribution in [2.75, 3.05) is 6.61 Å². The Hall–Kier alpha value is -3.60. The van der Waals surface area contributed by atoms with Gasteiger partial charge in [-0.15, -0.1) is 0 Å². The molecule has 4 rings (SSSR count). The van der Waals surface area contributed by atoms with Crippen LogP contribution in [-0.2, 0) is 17.8 Å². The van der Waals surface area contributed by atoms with Gasteiger partial charge in [-0.1, -0.05) is 53.7 Å². The van der Waals surface area contributed by atoms with Gasteiger partial charge >= 0.3 is 0 Å². The summed E-state index contributed by atoms with van der Waals surface area (Å²) in [5, 5.41) is 9.29. The number of benzene rings is 3. The maximum Gasteiger partial charge on any atom is 0.224 e. The lowest BCUT2D eigenvalue weighted by Gasteiger charge is -2.05. The highest BCUT2D eigenvalue weighted by atomic mass is 16.5. The molecule has 1 heterocycles. The van der Waals surface area contributed by atoms with Crippen LogP contribution in [0.25, 0.3) is 22.1 Å². The second kappa shape index (κ2) is 8.61. The fourth-order valence-corrected chi connectivity index (χ4v) is 3.18. The lowest BCUT2D eigenvalue weighted by Crippen LogP contribution is -2.24. The predicted molar refractivity (Wildman–Crippen MR) is 113 cm³/mol. The molecule has 0 spiro atoms. The Balaban J connectivity index is 1.35. The summed E-state index contributed by atoms with van der Waals surface area (Å²) in [5.41, 5.74) is 2.58. The Morgan fingerprint density at radius 2 is 1.79 bits per heavy atom. The molecule has 0 atom stereocenters. The summed E-state index contributed by atoms with van der Waals surface area (Å²) >= 11 is 0. The average Bonchev–Trinajstić information content (AvgIpc) is 3.23. The first kappa shape index (κ1) is 18.7. The number of nitrogens with zero attached hydrogens (tertiary/aromatic N) is 1. The van der Waals surface area contributed by atoms with Crippen molar-refractivity contribution in [3.05, 3.63) is 84.1 Å². The molecule has 0 unspecified atom stereocenters. The van der Waals surface area contributed by atoms with Crippen molar-refractivity contribution in [3.8, 4) is 17.1 Å². The minimum Gasteiger partial charge on any atom is -0.494 e. The molecule has 0 aliphatic carbocycles. The van der Waals surface area contributed by atoms with E-state index in [2.05, 4.69) is 34.7 Å². The van der Waals surface area contributed by atoms with Gasteiger partial charge in [0.05, 0.1) is 19.6 Å². The van der Waals surface area contributed by atoms with Crippen LogP contribution in [0.15, 0.2) is 77.3 Å². The SMILES string of the molecule is CCOc1ccc(CC(=O)NCc2cc(-c3ccc4ccccc4c3)on2)cc1. The maximum atomic E-state index is 12.2. The summed E-state index contributed by atoms with van der Waals surface area (Å²) < 4.78 is 10.9. The third-order valence-electron chi connectivity index (χ3n) is 4.66. The van der Waals surface area contributed by atoms with E-state index >= 15 is 0 Å². The lowest BCUT2D eigenvalue weighted by molar-refractivity contribution is -0.120. The average molecular weight is 386 g/mol. The third kappa shape index (κ3) is 4.63. The monoisotopic (exact) mass is 386 g/mol. The zero-order valence-electron chi connectivity index (χ0n) is 16.2. The molecule has 3 aromatic carbocycles. The van der Waals surface area contributed by atoms with Gasteiger partial charge in [-0.2, -0.15) is 0 Å². The van der Waals surface area contributed by atoms with Gasteiger partial charge < -0.3 is 14.6 Å². The molecule has 1 aromatic heterocycles. The van der Waals surface area contributed by atoms with Crippen molar-refractivity contribution < 1.29 is 14.1 Å². The third-order valence-corrected chi connectivity index (χ3v) is 4.66. The number of carbonyl (C=O) groups is 1. The highest BCUT2D eigenvalue weighted by molar-refractivity contribution is 5.86. The smallest absolute Gasteiger partial charge is 0.224 e. The fraction of sp³-hybridized carbons (Fsp3) is 0.167. The summed E-state index contributed by atoms with van der Waals surface area (Å²) in [6.07, 6.45) is 0.307. The van der Waals surface area contributed by atoms with E-state index in [9.17, 15) is 4.79 Å². The lowest BCUT2D eigenvalue weighted by atomic mass is 10.1. The largest absolute Gasteiger partial charge is 0.494 e. The van der Waals surface area contributed by atoms with Gasteiger partial charge in [0.1, 0.15) is 11.4 Å². The Kier molecular flexibility index (Phi) is 5.56. The molecular weight excluding hydrogens is 364 g/mol. The van der Waals surface area contributed by atoms with Gasteiger partial charge in [-0.3, -0.25) is 4.79 Å². The number of aromatic nitrogens is 1. The van der Waals surface area contributed by atoms with Crippen LogP contribution in [0.3, 0.4) is 0 Å². The Morgan fingerprint density at radius 3 is 2.59 bits per heavy atom. The van der Waals surface area contributed by atoms with E-state index in [1.807, 2.05) is 55.5 Å². The standard InChI is InChI=1S/C24H22N2O3/c1-2-28-22-11-7-17(8-12-22)13-24(27)25-16-21-15-23(29-26-21)20-10-9-18-5-3-4-6-19(18)14-20/h3-12,14-15H,2,13,16H2,1H3,(H,25,27). The van der Waals surface area contributed by atoms with E-state index in [4.69, 9.17) is 9.26 Å². The molecule has 0 saturated heterocycles. The number of amides is 1. The van der Waals surface area contributed by atoms with E-state index < -0.39 is 0 Å². The number of fused-ring (bicyclic) bond motifs is 1. The van der Waals surface area contributed by atoms with Crippen LogP contribution >= 0.6 is 0 Å². The topological polar surface area (TPSA) is 64.4 Å². The number of hydrogen-bond acceptors (Lipinski definition) is 4. The minimum absolute atomic E-state index is 0.0654. The van der Waals surface area contributed by atoms with E-state index in [1.54, 1.807) is 0 Å². The molecule has 0 fully saturated rings. The second-order valence-corrected chi connectivity index (χ2v) is 6.77. The number of nitrogens with one attached hydrogen (secondary N) is 1. The van der Waals surface area contributed by atoms with Crippen molar-refractivity contribution in [1.29, 1.82) is 0 Å². The summed E-state index contributed by atoms with van der Waals surface area (Å²) in [5.74, 6) is 1.43. The molecule has 29 heavy (non-hydrogen) atoms. The second-order valence-electron chi connectivity index (χ2n) is 6.77. The van der Waals surface area contributed by atoms with Crippen LogP contribution in [0.2, 0.25) is 0 Å². The van der Waals surface area contributed by atoms with Crippen molar-refractivity contribution in [2.24, 2.45) is 0 Å². The zero-order valence-corrected chi connectivity index (χ0v) is 16.2. The molecule has 1 amide bonds. The summed E-state index contributed by atoms with van der Waals surface area (Å²) in [6, 6.07) is 23.7. The molecule has 0 radical (unpaired) electrons. The fourth-order valence-electron chi connectivity index (χ4n) is 3.18. The molecule has 0 aliphatic heterocycles. The zero-order chi connectivity index (χ0) is 20.1. The first-order valence-electron chi connectivity index (χ1n) is 9.64. The molecule has 146 valence electrons. The Morgan fingerprint density at radius 1 is 1.00 bits per heavy atom. The molecular formula is C24H22N2O3. The number of ether oxygens (including phenoxy) is 1. The number of hydrogen-bond donors (Lipinski definition) is 1. The van der Waals surface area contributed by atoms with Crippen LogP contribution in [0, 0.1) is 0 Å². The number of rotatable bonds is 7. The molecule has 0 saturated carbocycles. The van der Waals surface area contributed by atoms with Crippen LogP contribution in [-0.4, -0.2) is 17.7 Å². The summed E-state index contributed by atoms with van der Waals surface area (Å²) in [4.78, 5) is 12.2. The van der Waals surface area contributed by atoms with Gasteiger partial charge in [-0.05, 0) is 41.5 Å². The maximum absolute atomic E-state index is 12.2. The van der Waals surface area contributed by atoms with E-state index in [-0.39, 0.29) is 5.91 Å². The molecule has 1 N–H and O–H groups in total. The summed E-state index contributed by atoms with van der Waals surface area (Å²) in [6.45, 7) is 2.89. The van der Waals surface area contributed by atoms with Crippen LogP contribution in [0.4, 0.5) is 0 Å². The Bertz CT molecular complexity index is 1120. The van der Waals surface area contributed by atoms with Gasteiger partial charge in [0, 0.05) is 11.6 Å². The van der Waals surface area contributed by atoms with Gasteiger partial charge in [0.15, 0.2) is 5.76 Å². The molecule has 4 aromatic rings. The first-order chi connectivity index (χ1) is 14.2. The van der Waals surface area contributed by atoms with Crippen molar-refractivity contribution in [2.45, 2.75) is 19.9 Å². The van der Waals surface area contributed by atoms with Crippen molar-refractivity contribution in [1.82, 2.24) is 10.5 Å². The molecule has 5 nitrogen and oxygen atoms in total. The summed E-state index contributed by atoms with van der Waals surface area (Å²) in [7, 11) is 0. The molecule has 0 bridgehead atoms.